The molecule has 0 aromatic carbocycles. The minimum Gasteiger partial charge on any atom is -0.409 e. The van der Waals surface area contributed by atoms with Crippen molar-refractivity contribution in [1.29, 1.82) is 0 Å². The Morgan fingerprint density at radius 2 is 0.536 bits per heavy atom. The van der Waals surface area contributed by atoms with Crippen LogP contribution < -0.4 is 51.3 Å². The van der Waals surface area contributed by atoms with Gasteiger partial charge in [0.15, 0.2) is 0 Å². The fraction of sp³-hybridized carbons (Fsp3) is 0.750. The normalized spacial score (nSPS) is 14.5. The van der Waals surface area contributed by atoms with Crippen LogP contribution in [0.25, 0.3) is 0 Å². The quantitative estimate of drug-likeness (QED) is 0.0104. The van der Waals surface area contributed by atoms with Crippen molar-refractivity contribution in [2.24, 2.45) is 82.0 Å². The van der Waals surface area contributed by atoms with Crippen LogP contribution in [0.15, 0.2) is 36.1 Å². The first-order valence-corrected chi connectivity index (χ1v) is 17.5. The zero-order valence-electron chi connectivity index (χ0n) is 31.8. The molecule has 56 heavy (non-hydrogen) atoms. The van der Waals surface area contributed by atoms with E-state index in [1.165, 1.54) is 0 Å². The number of rotatable bonds is 31. The van der Waals surface area contributed by atoms with Gasteiger partial charge < -0.3 is 107 Å². The topological polar surface area (TPSA) is 482 Å². The van der Waals surface area contributed by atoms with Gasteiger partial charge in [0, 0.05) is 123 Å². The van der Waals surface area contributed by atoms with Crippen LogP contribution in [-0.4, -0.2) is 187 Å². The van der Waals surface area contributed by atoms with E-state index in [4.69, 9.17) is 87.5 Å². The summed E-state index contributed by atoms with van der Waals surface area (Å²) in [6.45, 7) is 6.54. The van der Waals surface area contributed by atoms with Gasteiger partial charge >= 0.3 is 0 Å². The molecular weight excluding hydrogens is 744 g/mol. The molecule has 0 amide bonds. The maximum Gasteiger partial charge on any atom is 0.140 e. The zero-order chi connectivity index (χ0) is 42.7. The summed E-state index contributed by atoms with van der Waals surface area (Å²) < 4.78 is 0. The molecule has 0 radical (unpaired) electrons. The number of amidine groups is 7. The van der Waals surface area contributed by atoms with E-state index in [1.807, 2.05) is 20.2 Å². The zero-order valence-corrected chi connectivity index (χ0v) is 31.8. The summed E-state index contributed by atoms with van der Waals surface area (Å²) in [4.78, 5) is 8.10. The third-order valence-electron chi connectivity index (χ3n) is 8.08. The van der Waals surface area contributed by atoms with Gasteiger partial charge in [-0.05, 0) is 6.42 Å². The molecule has 0 saturated heterocycles. The smallest absolute Gasteiger partial charge is 0.140 e. The Hall–Kier alpha value is -5.39. The third-order valence-corrected chi connectivity index (χ3v) is 8.08. The summed E-state index contributed by atoms with van der Waals surface area (Å²) in [7, 11) is 0. The Morgan fingerprint density at radius 1 is 0.357 bits per heavy atom. The summed E-state index contributed by atoms with van der Waals surface area (Å²) >= 11 is 0. The molecule has 28 heteroatoms. The number of hydroxylamine groups is 1. The molecular formula is C28H66N20O8. The number of oxime groups is 7. The molecule has 0 aromatic rings. The van der Waals surface area contributed by atoms with Crippen LogP contribution in [0.2, 0.25) is 0 Å². The maximum absolute atomic E-state index is 8.85. The van der Waals surface area contributed by atoms with E-state index in [0.29, 0.717) is 130 Å². The Labute approximate surface area is 325 Å². The van der Waals surface area contributed by atoms with Crippen molar-refractivity contribution in [3.05, 3.63) is 0 Å². The van der Waals surface area contributed by atoms with Crippen molar-refractivity contribution in [3.63, 3.8) is 0 Å². The van der Waals surface area contributed by atoms with Crippen molar-refractivity contribution in [1.82, 2.24) is 25.1 Å². The summed E-state index contributed by atoms with van der Waals surface area (Å²) in [5, 5.41) is 90.4. The van der Waals surface area contributed by atoms with Gasteiger partial charge in [-0.25, -0.2) is 0 Å². The number of hydrogen-bond donors (Lipinski definition) is 17. The minimum atomic E-state index is -0.566. The number of nitrogens with zero attached hydrogens (tertiary/aromatic N) is 11. The lowest BCUT2D eigenvalue weighted by atomic mass is 10.2. The molecule has 0 heterocycles. The van der Waals surface area contributed by atoms with E-state index in [0.717, 1.165) is 0 Å². The summed E-state index contributed by atoms with van der Waals surface area (Å²) in [6, 6.07) is 0. The molecule has 28 nitrogen and oxygen atoms in total. The Kier molecular flexibility index (Phi) is 32.1. The molecule has 1 unspecified atom stereocenters. The van der Waals surface area contributed by atoms with Crippen LogP contribution >= 0.6 is 0 Å². The Balaban J connectivity index is 0. The highest BCUT2D eigenvalue weighted by atomic mass is 16.5. The lowest BCUT2D eigenvalue weighted by Crippen LogP contribution is -2.42. The van der Waals surface area contributed by atoms with Gasteiger partial charge in [0.2, 0.25) is 0 Å². The Morgan fingerprint density at radius 3 is 0.696 bits per heavy atom. The summed E-state index contributed by atoms with van der Waals surface area (Å²) in [5.74, 6) is 0.739. The lowest BCUT2D eigenvalue weighted by molar-refractivity contribution is 0.114. The van der Waals surface area contributed by atoms with Crippen LogP contribution in [-0.2, 0) is 0 Å². The second-order valence-corrected chi connectivity index (χ2v) is 12.3. The third kappa shape index (κ3) is 30.0. The van der Waals surface area contributed by atoms with Crippen LogP contribution in [0, 0.1) is 0 Å². The van der Waals surface area contributed by atoms with Crippen molar-refractivity contribution >= 4 is 40.8 Å². The first kappa shape index (κ1) is 52.7. The average molecular weight is 811 g/mol. The molecule has 0 aliphatic heterocycles. The van der Waals surface area contributed by atoms with Crippen LogP contribution in [0.3, 0.4) is 0 Å². The molecule has 0 bridgehead atoms. The molecule has 0 aliphatic rings. The average Bonchev–Trinajstić information content (AvgIpc) is 3.22. The van der Waals surface area contributed by atoms with Crippen molar-refractivity contribution in [3.8, 4) is 0 Å². The fourth-order valence-corrected chi connectivity index (χ4v) is 4.55. The van der Waals surface area contributed by atoms with E-state index in [9.17, 15) is 0 Å². The molecule has 326 valence electrons. The van der Waals surface area contributed by atoms with Gasteiger partial charge in [-0.2, -0.15) is 5.48 Å². The molecule has 0 aliphatic carbocycles. The van der Waals surface area contributed by atoms with E-state index in [2.05, 4.69) is 41.0 Å². The van der Waals surface area contributed by atoms with E-state index >= 15 is 0 Å². The highest BCUT2D eigenvalue weighted by molar-refractivity contribution is 5.82. The predicted octanol–water partition coefficient (Wildman–Crippen LogP) is -4.21. The summed E-state index contributed by atoms with van der Waals surface area (Å²) in [5.41, 5.74) is 46.4. The van der Waals surface area contributed by atoms with Gasteiger partial charge in [-0.3, -0.25) is 0 Å². The van der Waals surface area contributed by atoms with E-state index in [-0.39, 0.29) is 40.8 Å². The molecule has 0 saturated carbocycles. The van der Waals surface area contributed by atoms with Gasteiger partial charge in [0.1, 0.15) is 40.8 Å². The lowest BCUT2D eigenvalue weighted by Gasteiger charge is -2.28. The molecule has 0 fully saturated rings. The number of nitrogens with one attached hydrogen (secondary N) is 1. The first-order chi connectivity index (χ1) is 26.7. The second kappa shape index (κ2) is 34.1. The standard InChI is InChI=1S/C14H34N10O4.C14H32N10O4/c2*15-11(19-25)1-5-23(6-2-12(16)20-26)9-10-24(7-3-13(17)21-27)8-4-14(18)22-28/h11,19,25-28H,1-10,15H2,(H2,16,20)(H2,17,21)(H2,18,22);25-28H,1-10H2,(H2,15,19)(H2,16,20)(H2,17,21)(H2,18,22). The van der Waals surface area contributed by atoms with Gasteiger partial charge in [-0.1, -0.05) is 36.1 Å². The summed E-state index contributed by atoms with van der Waals surface area (Å²) in [6.07, 6.45) is 2.40. The molecule has 0 rings (SSSR count). The van der Waals surface area contributed by atoms with Crippen LogP contribution in [0.4, 0.5) is 0 Å². The number of hydrogen-bond acceptors (Lipinski definition) is 21. The largest absolute Gasteiger partial charge is 0.409 e. The van der Waals surface area contributed by atoms with Gasteiger partial charge in [0.05, 0.1) is 6.17 Å². The van der Waals surface area contributed by atoms with Crippen molar-refractivity contribution < 1.29 is 41.7 Å². The van der Waals surface area contributed by atoms with Gasteiger partial charge in [-0.15, -0.1) is 0 Å². The maximum atomic E-state index is 8.85. The monoisotopic (exact) mass is 811 g/mol. The molecule has 0 spiro atoms. The van der Waals surface area contributed by atoms with E-state index in [1.54, 1.807) is 0 Å². The van der Waals surface area contributed by atoms with Crippen LogP contribution in [0.1, 0.15) is 51.4 Å². The van der Waals surface area contributed by atoms with E-state index < -0.39 is 6.17 Å². The molecule has 25 N–H and O–H groups in total. The first-order valence-electron chi connectivity index (χ1n) is 17.5. The van der Waals surface area contributed by atoms with Crippen LogP contribution in [0.5, 0.6) is 0 Å². The SMILES string of the molecule is N/C(CCN(CC/C(N)=N/O)CCN(CC/C(N)=N/O)CC/C(N)=N/O)=N\O.N/C(CCN(CC/C(N)=N/O)CCN(CC/C(N)=N/O)CCC(N)NO)=N\O. The Bertz CT molecular complexity index is 1120. The predicted molar refractivity (Wildman–Crippen MR) is 209 cm³/mol. The molecule has 0 aromatic heterocycles. The fourth-order valence-electron chi connectivity index (χ4n) is 4.55. The highest BCUT2D eigenvalue weighted by Crippen LogP contribution is 2.03. The second-order valence-electron chi connectivity index (χ2n) is 12.3. The highest BCUT2D eigenvalue weighted by Gasteiger charge is 2.15. The minimum absolute atomic E-state index is 0.101. The number of nitrogens with two attached hydrogens (primary N) is 8. The van der Waals surface area contributed by atoms with Crippen molar-refractivity contribution in [2.45, 2.75) is 57.5 Å². The van der Waals surface area contributed by atoms with Crippen molar-refractivity contribution in [2.75, 3.05) is 78.5 Å². The molecule has 1 atom stereocenters. The van der Waals surface area contributed by atoms with Gasteiger partial charge in [0.25, 0.3) is 0 Å².